The normalized spacial score (nSPS) is 12.7. The number of hydrazine groups is 1. The molecular weight excluding hydrogens is 320 g/mol. The molecule has 1 unspecified atom stereocenters. The first-order valence-corrected chi connectivity index (χ1v) is 7.07. The zero-order valence-electron chi connectivity index (χ0n) is 9.21. The highest BCUT2D eigenvalue weighted by molar-refractivity contribution is 9.10. The summed E-state index contributed by atoms with van der Waals surface area (Å²) in [5.41, 5.74) is 3.88. The minimum absolute atomic E-state index is 0.0244. The average Bonchev–Trinajstić information content (AvgIpc) is 2.64. The summed E-state index contributed by atoms with van der Waals surface area (Å²) in [5.74, 6) is 5.64. The summed E-state index contributed by atoms with van der Waals surface area (Å²) in [6, 6.07) is 9.95. The SMILES string of the molecule is Cc1ccc(C(NN)c2cc(Cl)cc(Br)c2)s1. The Morgan fingerprint density at radius 3 is 2.65 bits per heavy atom. The van der Waals surface area contributed by atoms with Gasteiger partial charge in [0.25, 0.3) is 0 Å². The quantitative estimate of drug-likeness (QED) is 0.658. The van der Waals surface area contributed by atoms with Crippen LogP contribution in [0.3, 0.4) is 0 Å². The maximum absolute atomic E-state index is 6.05. The monoisotopic (exact) mass is 330 g/mol. The molecule has 0 spiro atoms. The van der Waals surface area contributed by atoms with Crippen LogP contribution in [0.15, 0.2) is 34.8 Å². The zero-order chi connectivity index (χ0) is 12.4. The van der Waals surface area contributed by atoms with Gasteiger partial charge in [-0.3, -0.25) is 5.84 Å². The molecule has 0 saturated carbocycles. The molecule has 0 aliphatic rings. The van der Waals surface area contributed by atoms with Crippen LogP contribution in [0.2, 0.25) is 5.02 Å². The molecule has 0 bridgehead atoms. The van der Waals surface area contributed by atoms with Crippen molar-refractivity contribution in [3.63, 3.8) is 0 Å². The Hall–Kier alpha value is -0.390. The lowest BCUT2D eigenvalue weighted by atomic mass is 10.1. The van der Waals surface area contributed by atoms with Crippen LogP contribution in [0.25, 0.3) is 0 Å². The van der Waals surface area contributed by atoms with E-state index >= 15 is 0 Å². The van der Waals surface area contributed by atoms with Crippen molar-refractivity contribution in [2.45, 2.75) is 13.0 Å². The molecule has 2 rings (SSSR count). The first kappa shape index (κ1) is 13.1. The number of hydrogen-bond acceptors (Lipinski definition) is 3. The minimum atomic E-state index is -0.0244. The number of thiophene rings is 1. The summed E-state index contributed by atoms with van der Waals surface area (Å²) in [4.78, 5) is 2.44. The Morgan fingerprint density at radius 2 is 2.12 bits per heavy atom. The first-order chi connectivity index (χ1) is 8.10. The summed E-state index contributed by atoms with van der Waals surface area (Å²) < 4.78 is 0.952. The molecule has 1 aromatic heterocycles. The summed E-state index contributed by atoms with van der Waals surface area (Å²) >= 11 is 11.2. The second-order valence-electron chi connectivity index (χ2n) is 3.75. The van der Waals surface area contributed by atoms with Gasteiger partial charge in [0.1, 0.15) is 0 Å². The Balaban J connectivity index is 2.41. The summed E-state index contributed by atoms with van der Waals surface area (Å²) in [5, 5.41) is 0.697. The topological polar surface area (TPSA) is 38.0 Å². The minimum Gasteiger partial charge on any atom is -0.271 e. The molecule has 0 saturated heterocycles. The molecule has 0 radical (unpaired) electrons. The molecule has 5 heteroatoms. The van der Waals surface area contributed by atoms with Gasteiger partial charge >= 0.3 is 0 Å². The fourth-order valence-corrected chi connectivity index (χ4v) is 3.55. The van der Waals surface area contributed by atoms with Gasteiger partial charge in [0.05, 0.1) is 6.04 Å². The number of benzene rings is 1. The molecule has 0 fully saturated rings. The maximum Gasteiger partial charge on any atom is 0.0803 e. The Bertz CT molecular complexity index is 507. The van der Waals surface area contributed by atoms with Crippen LogP contribution in [0, 0.1) is 6.92 Å². The molecule has 0 amide bonds. The van der Waals surface area contributed by atoms with Gasteiger partial charge in [-0.05, 0) is 42.8 Å². The molecule has 2 nitrogen and oxygen atoms in total. The van der Waals surface area contributed by atoms with Crippen molar-refractivity contribution in [1.82, 2.24) is 5.43 Å². The van der Waals surface area contributed by atoms with E-state index in [1.807, 2.05) is 18.2 Å². The third kappa shape index (κ3) is 3.09. The molecular formula is C12H12BrClN2S. The molecule has 0 aliphatic heterocycles. The largest absolute Gasteiger partial charge is 0.271 e. The van der Waals surface area contributed by atoms with Crippen molar-refractivity contribution in [2.24, 2.45) is 5.84 Å². The third-order valence-corrected chi connectivity index (χ3v) is 4.17. The van der Waals surface area contributed by atoms with Gasteiger partial charge in [-0.25, -0.2) is 5.43 Å². The molecule has 90 valence electrons. The van der Waals surface area contributed by atoms with Crippen molar-refractivity contribution >= 4 is 38.9 Å². The molecule has 2 aromatic rings. The van der Waals surface area contributed by atoms with Gasteiger partial charge in [0, 0.05) is 19.2 Å². The number of nitrogens with two attached hydrogens (primary N) is 1. The number of hydrogen-bond donors (Lipinski definition) is 2. The van der Waals surface area contributed by atoms with Crippen molar-refractivity contribution in [3.05, 3.63) is 55.1 Å². The summed E-state index contributed by atoms with van der Waals surface area (Å²) in [7, 11) is 0. The highest BCUT2D eigenvalue weighted by atomic mass is 79.9. The number of halogens is 2. The van der Waals surface area contributed by atoms with E-state index in [2.05, 4.69) is 40.4 Å². The third-order valence-electron chi connectivity index (χ3n) is 2.43. The second kappa shape index (κ2) is 5.50. The van der Waals surface area contributed by atoms with Crippen molar-refractivity contribution in [3.8, 4) is 0 Å². The standard InChI is InChI=1S/C12H12BrClN2S/c1-7-2-3-11(17-7)12(16-15)8-4-9(13)6-10(14)5-8/h2-6,12,16H,15H2,1H3. The van der Waals surface area contributed by atoms with Crippen LogP contribution >= 0.6 is 38.9 Å². The second-order valence-corrected chi connectivity index (χ2v) is 6.42. The Labute approximate surface area is 118 Å². The first-order valence-electron chi connectivity index (χ1n) is 5.08. The van der Waals surface area contributed by atoms with Crippen molar-refractivity contribution < 1.29 is 0 Å². The zero-order valence-corrected chi connectivity index (χ0v) is 12.4. The summed E-state index contributed by atoms with van der Waals surface area (Å²) in [6.07, 6.45) is 0. The van der Waals surface area contributed by atoms with E-state index in [0.29, 0.717) is 5.02 Å². The van der Waals surface area contributed by atoms with E-state index in [-0.39, 0.29) is 6.04 Å². The molecule has 3 N–H and O–H groups in total. The molecule has 0 aliphatic carbocycles. The molecule has 1 heterocycles. The van der Waals surface area contributed by atoms with E-state index in [9.17, 15) is 0 Å². The van der Waals surface area contributed by atoms with Crippen LogP contribution in [0.1, 0.15) is 21.4 Å². The van der Waals surface area contributed by atoms with Crippen molar-refractivity contribution in [1.29, 1.82) is 0 Å². The average molecular weight is 332 g/mol. The van der Waals surface area contributed by atoms with Gasteiger partial charge in [0.15, 0.2) is 0 Å². The predicted octanol–water partition coefficient (Wildman–Crippen LogP) is 4.03. The van der Waals surface area contributed by atoms with Crippen LogP contribution in [-0.4, -0.2) is 0 Å². The Kier molecular flexibility index (Phi) is 4.22. The van der Waals surface area contributed by atoms with Gasteiger partial charge in [-0.2, -0.15) is 0 Å². The van der Waals surface area contributed by atoms with Gasteiger partial charge in [-0.1, -0.05) is 27.5 Å². The van der Waals surface area contributed by atoms with Crippen LogP contribution in [0.5, 0.6) is 0 Å². The number of aryl methyl sites for hydroxylation is 1. The van der Waals surface area contributed by atoms with Crippen LogP contribution < -0.4 is 11.3 Å². The van der Waals surface area contributed by atoms with Gasteiger partial charge in [-0.15, -0.1) is 11.3 Å². The lowest BCUT2D eigenvalue weighted by Crippen LogP contribution is -2.28. The Morgan fingerprint density at radius 1 is 1.35 bits per heavy atom. The van der Waals surface area contributed by atoms with E-state index < -0.39 is 0 Å². The fourth-order valence-electron chi connectivity index (χ4n) is 1.69. The highest BCUT2D eigenvalue weighted by Crippen LogP contribution is 2.31. The van der Waals surface area contributed by atoms with E-state index in [4.69, 9.17) is 17.4 Å². The summed E-state index contributed by atoms with van der Waals surface area (Å²) in [6.45, 7) is 2.08. The molecule has 1 aromatic carbocycles. The van der Waals surface area contributed by atoms with Crippen LogP contribution in [-0.2, 0) is 0 Å². The maximum atomic E-state index is 6.05. The van der Waals surface area contributed by atoms with Gasteiger partial charge in [0.2, 0.25) is 0 Å². The fraction of sp³-hybridized carbons (Fsp3) is 0.167. The molecule has 1 atom stereocenters. The van der Waals surface area contributed by atoms with E-state index in [1.165, 1.54) is 9.75 Å². The van der Waals surface area contributed by atoms with E-state index in [1.54, 1.807) is 11.3 Å². The number of rotatable bonds is 3. The smallest absolute Gasteiger partial charge is 0.0803 e. The predicted molar refractivity (Wildman–Crippen MR) is 77.4 cm³/mol. The van der Waals surface area contributed by atoms with E-state index in [0.717, 1.165) is 10.0 Å². The highest BCUT2D eigenvalue weighted by Gasteiger charge is 2.15. The lowest BCUT2D eigenvalue weighted by Gasteiger charge is -2.15. The van der Waals surface area contributed by atoms with Gasteiger partial charge < -0.3 is 0 Å². The van der Waals surface area contributed by atoms with Crippen molar-refractivity contribution in [2.75, 3.05) is 0 Å². The lowest BCUT2D eigenvalue weighted by molar-refractivity contribution is 0.646. The number of nitrogens with one attached hydrogen (secondary N) is 1. The van der Waals surface area contributed by atoms with Crippen LogP contribution in [0.4, 0.5) is 0 Å². The molecule has 17 heavy (non-hydrogen) atoms.